The molecule has 2 aliphatic rings. The standard InChI is InChI=1S/C57H48N4OSi/c1-56(2,3)45-34-43-37-19-9-8-18-36(37)40-23-17-31-58-53(40)39-21-11-10-20-38(39)42(43)33-44(45)41-22-16-28-52-54(41)62-51-30-29-35(32-46(51)57(4,5)63(52,6)7)60-49-26-14-15-27-50(49)61-48-25-13-12-24-47(48)59-55(60)61/h8-34H,1-7H3. The lowest BCUT2D eigenvalue weighted by Gasteiger charge is -2.40. The second kappa shape index (κ2) is 13.2. The molecule has 0 radical (unpaired) electrons. The fourth-order valence-corrected chi connectivity index (χ4v) is 13.4. The van der Waals surface area contributed by atoms with Crippen molar-refractivity contribution in [1.82, 2.24) is 18.9 Å². The van der Waals surface area contributed by atoms with Crippen LogP contribution in [0.15, 0.2) is 164 Å². The molecule has 1 aliphatic heterocycles. The number of aromatic nitrogens is 4. The Kier molecular flexibility index (Phi) is 7.93. The number of pyridine rings is 1. The molecule has 12 rings (SSSR count). The molecule has 0 saturated carbocycles. The van der Waals surface area contributed by atoms with Gasteiger partial charge in [-0.05, 0) is 115 Å². The van der Waals surface area contributed by atoms with Gasteiger partial charge in [-0.2, -0.15) is 0 Å². The molecule has 63 heavy (non-hydrogen) atoms. The highest BCUT2D eigenvalue weighted by Gasteiger charge is 2.48. The number of para-hydroxylation sites is 5. The fourth-order valence-electron chi connectivity index (χ4n) is 10.6. The predicted molar refractivity (Wildman–Crippen MR) is 263 cm³/mol. The first-order valence-electron chi connectivity index (χ1n) is 22.1. The maximum atomic E-state index is 7.48. The van der Waals surface area contributed by atoms with E-state index in [0.717, 1.165) is 67.4 Å². The molecule has 0 atom stereocenters. The number of rotatable bonds is 2. The van der Waals surface area contributed by atoms with Crippen LogP contribution in [0.4, 0.5) is 0 Å². The summed E-state index contributed by atoms with van der Waals surface area (Å²) < 4.78 is 12.1. The molecule has 0 amide bonds. The van der Waals surface area contributed by atoms with Gasteiger partial charge in [0.15, 0.2) is 0 Å². The Morgan fingerprint density at radius 1 is 0.556 bits per heavy atom. The molecule has 1 aliphatic carbocycles. The molecule has 0 fully saturated rings. The quantitative estimate of drug-likeness (QED) is 0.163. The van der Waals surface area contributed by atoms with Crippen LogP contribution in [0.1, 0.15) is 45.7 Å². The molecule has 5 nitrogen and oxygen atoms in total. The molecule has 0 bridgehead atoms. The molecule has 7 aromatic carbocycles. The molecule has 4 heterocycles. The summed E-state index contributed by atoms with van der Waals surface area (Å²) in [6.07, 6.45) is 1.92. The molecule has 6 heteroatoms. The Labute approximate surface area is 369 Å². The summed E-state index contributed by atoms with van der Waals surface area (Å²) in [5.41, 5.74) is 19.4. The third-order valence-electron chi connectivity index (χ3n) is 14.5. The van der Waals surface area contributed by atoms with Gasteiger partial charge >= 0.3 is 0 Å². The van der Waals surface area contributed by atoms with Gasteiger partial charge in [-0.25, -0.2) is 4.98 Å². The minimum Gasteiger partial charge on any atom is -0.457 e. The van der Waals surface area contributed by atoms with Crippen molar-refractivity contribution in [2.24, 2.45) is 0 Å². The monoisotopic (exact) mass is 832 g/mol. The fraction of sp³-hybridized carbons (Fsp3) is 0.158. The average molecular weight is 833 g/mol. The van der Waals surface area contributed by atoms with Gasteiger partial charge in [0.2, 0.25) is 5.78 Å². The first-order valence-corrected chi connectivity index (χ1v) is 25.1. The Bertz CT molecular complexity index is 3540. The van der Waals surface area contributed by atoms with Crippen LogP contribution in [0.3, 0.4) is 0 Å². The van der Waals surface area contributed by atoms with Crippen molar-refractivity contribution in [3.05, 3.63) is 175 Å². The minimum atomic E-state index is -2.36. The molecule has 3 aromatic heterocycles. The topological polar surface area (TPSA) is 44.4 Å². The zero-order chi connectivity index (χ0) is 43.0. The van der Waals surface area contributed by atoms with E-state index in [4.69, 9.17) is 14.7 Å². The molecule has 0 spiro atoms. The maximum Gasteiger partial charge on any atom is 0.220 e. The highest BCUT2D eigenvalue weighted by atomic mass is 28.3. The summed E-state index contributed by atoms with van der Waals surface area (Å²) in [7, 11) is -2.36. The van der Waals surface area contributed by atoms with E-state index in [9.17, 15) is 0 Å². The van der Waals surface area contributed by atoms with Crippen molar-refractivity contribution in [2.75, 3.05) is 0 Å². The van der Waals surface area contributed by atoms with Crippen molar-refractivity contribution in [3.63, 3.8) is 0 Å². The number of ether oxygens (including phenoxy) is 1. The van der Waals surface area contributed by atoms with Gasteiger partial charge in [-0.15, -0.1) is 0 Å². The van der Waals surface area contributed by atoms with Gasteiger partial charge in [0.05, 0.1) is 35.8 Å². The lowest BCUT2D eigenvalue weighted by molar-refractivity contribution is 0.478. The summed E-state index contributed by atoms with van der Waals surface area (Å²) in [6.45, 7) is 16.9. The van der Waals surface area contributed by atoms with Crippen molar-refractivity contribution < 1.29 is 4.74 Å². The van der Waals surface area contributed by atoms with Gasteiger partial charge in [0, 0.05) is 34.1 Å². The van der Waals surface area contributed by atoms with Crippen molar-refractivity contribution in [2.45, 2.75) is 58.2 Å². The Balaban J connectivity index is 1.09. The predicted octanol–water partition coefficient (Wildman–Crippen LogP) is 14.3. The zero-order valence-electron chi connectivity index (χ0n) is 36.8. The van der Waals surface area contributed by atoms with Gasteiger partial charge in [-0.3, -0.25) is 14.0 Å². The van der Waals surface area contributed by atoms with Crippen molar-refractivity contribution >= 4 is 41.1 Å². The highest BCUT2D eigenvalue weighted by Crippen LogP contribution is 2.53. The van der Waals surface area contributed by atoms with Crippen molar-refractivity contribution in [3.8, 4) is 73.0 Å². The van der Waals surface area contributed by atoms with Gasteiger partial charge < -0.3 is 4.74 Å². The third-order valence-corrected chi connectivity index (χ3v) is 19.6. The Hall–Kier alpha value is -7.02. The van der Waals surface area contributed by atoms with Gasteiger partial charge in [0.1, 0.15) is 11.5 Å². The van der Waals surface area contributed by atoms with E-state index in [2.05, 4.69) is 214 Å². The van der Waals surface area contributed by atoms with Crippen LogP contribution < -0.4 is 9.92 Å². The third kappa shape index (κ3) is 5.34. The van der Waals surface area contributed by atoms with E-state index in [1.807, 2.05) is 6.20 Å². The van der Waals surface area contributed by atoms with E-state index >= 15 is 0 Å². The van der Waals surface area contributed by atoms with Crippen molar-refractivity contribution in [1.29, 1.82) is 0 Å². The Morgan fingerprint density at radius 3 is 1.94 bits per heavy atom. The van der Waals surface area contributed by atoms with Crippen LogP contribution in [0, 0.1) is 0 Å². The molecule has 0 N–H and O–H groups in total. The summed E-state index contributed by atoms with van der Waals surface area (Å²) >= 11 is 0. The van der Waals surface area contributed by atoms with Crippen LogP contribution in [-0.2, 0) is 10.5 Å². The lowest BCUT2D eigenvalue weighted by Crippen LogP contribution is -2.56. The summed E-state index contributed by atoms with van der Waals surface area (Å²) in [4.78, 5) is 10.2. The zero-order valence-corrected chi connectivity index (χ0v) is 37.8. The number of imidazole rings is 2. The largest absolute Gasteiger partial charge is 0.457 e. The van der Waals surface area contributed by atoms with Crippen LogP contribution in [-0.4, -0.2) is 27.0 Å². The second-order valence-corrected chi connectivity index (χ2v) is 24.5. The molecule has 0 saturated heterocycles. The number of nitrogens with zero attached hydrogens (tertiary/aromatic N) is 4. The molecule has 0 unspecified atom stereocenters. The number of hydrogen-bond donors (Lipinski definition) is 0. The average Bonchev–Trinajstić information content (AvgIpc) is 3.81. The molecular formula is C57H48N4OSi. The minimum absolute atomic E-state index is 0.185. The van der Waals surface area contributed by atoms with E-state index in [0.29, 0.717) is 0 Å². The number of fused-ring (bicyclic) bond motifs is 15. The van der Waals surface area contributed by atoms with E-state index < -0.39 is 8.07 Å². The molecule has 10 aromatic rings. The van der Waals surface area contributed by atoms with Crippen LogP contribution in [0.5, 0.6) is 11.5 Å². The van der Waals surface area contributed by atoms with E-state index in [1.165, 1.54) is 49.7 Å². The summed E-state index contributed by atoms with van der Waals surface area (Å²) in [6, 6.07) is 57.6. The van der Waals surface area contributed by atoms with E-state index in [1.54, 1.807) is 0 Å². The summed E-state index contributed by atoms with van der Waals surface area (Å²) in [5.74, 6) is 2.78. The number of benzene rings is 7. The second-order valence-electron chi connectivity index (χ2n) is 19.5. The van der Waals surface area contributed by atoms with Crippen LogP contribution in [0.25, 0.3) is 89.3 Å². The lowest BCUT2D eigenvalue weighted by atomic mass is 9.75. The summed E-state index contributed by atoms with van der Waals surface area (Å²) in [5, 5.41) is 1.12. The van der Waals surface area contributed by atoms with Gasteiger partial charge in [0.25, 0.3) is 0 Å². The molecular weight excluding hydrogens is 785 g/mol. The van der Waals surface area contributed by atoms with Crippen LogP contribution >= 0.6 is 0 Å². The maximum absolute atomic E-state index is 7.48. The van der Waals surface area contributed by atoms with Gasteiger partial charge in [-0.1, -0.05) is 145 Å². The SMILES string of the molecule is CC(C)(C)c1cc2c(cc1-c1cccc3c1Oc1ccc(-n4c5ccccc5n5c6ccccc6nc45)cc1C(C)(C)[Si]3(C)C)-c1ccccc1-c1ncccc1-c1ccccc1-2. The van der Waals surface area contributed by atoms with E-state index in [-0.39, 0.29) is 10.5 Å². The smallest absolute Gasteiger partial charge is 0.220 e. The first kappa shape index (κ1) is 37.7. The number of hydrogen-bond acceptors (Lipinski definition) is 3. The normalized spacial score (nSPS) is 14.7. The molecule has 306 valence electrons. The van der Waals surface area contributed by atoms with Crippen LogP contribution in [0.2, 0.25) is 13.1 Å². The first-order chi connectivity index (χ1) is 30.4. The Morgan fingerprint density at radius 2 is 1.17 bits per heavy atom. The highest BCUT2D eigenvalue weighted by molar-refractivity contribution is 6.93.